The van der Waals surface area contributed by atoms with Gasteiger partial charge in [0.05, 0.1) is 22.7 Å². The van der Waals surface area contributed by atoms with Crippen molar-refractivity contribution in [1.29, 1.82) is 0 Å². The van der Waals surface area contributed by atoms with E-state index in [1.165, 1.54) is 32.1 Å². The van der Waals surface area contributed by atoms with Gasteiger partial charge in [-0.05, 0) is 26.2 Å². The molecular weight excluding hydrogens is 354 g/mol. The summed E-state index contributed by atoms with van der Waals surface area (Å²) in [6, 6.07) is 0.00278. The number of hydrogen-bond acceptors (Lipinski definition) is 6. The topological polar surface area (TPSA) is 86.9 Å². The lowest BCUT2D eigenvalue weighted by Crippen LogP contribution is -2.51. The molecular formula is C18H25N3O4S. The fraction of sp³-hybridized carbons (Fsp3) is 0.722. The van der Waals surface area contributed by atoms with E-state index in [0.717, 1.165) is 17.0 Å². The number of likely N-dealkylation sites (tertiary alicyclic amines) is 2. The van der Waals surface area contributed by atoms with E-state index in [-0.39, 0.29) is 23.9 Å². The standard InChI is InChI=1S/C18H25N3O4S/c1-11-17(26-14-5-3-2-4-6-14)16(25-19-11)18(24)21-9-12-7-13(21)8-20(12)15(23)10-22/h12-14,22H,2-10H2,1H3/t12-,13-/m1/s1. The highest BCUT2D eigenvalue weighted by Crippen LogP contribution is 2.39. The van der Waals surface area contributed by atoms with Gasteiger partial charge < -0.3 is 19.4 Å². The fourth-order valence-corrected chi connectivity index (χ4v) is 5.77. The molecule has 1 aliphatic carbocycles. The van der Waals surface area contributed by atoms with Crippen LogP contribution in [0.15, 0.2) is 9.42 Å². The van der Waals surface area contributed by atoms with Crippen molar-refractivity contribution in [1.82, 2.24) is 15.0 Å². The Kier molecular flexibility index (Phi) is 4.96. The van der Waals surface area contributed by atoms with Gasteiger partial charge >= 0.3 is 0 Å². The number of aliphatic hydroxyl groups excluding tert-OH is 1. The van der Waals surface area contributed by atoms with Crippen LogP contribution in [0.4, 0.5) is 0 Å². The summed E-state index contributed by atoms with van der Waals surface area (Å²) >= 11 is 1.74. The van der Waals surface area contributed by atoms with Crippen LogP contribution in [0.25, 0.3) is 0 Å². The fourth-order valence-electron chi connectivity index (χ4n) is 4.43. The Hall–Kier alpha value is -1.54. The highest BCUT2D eigenvalue weighted by Gasteiger charge is 2.48. The van der Waals surface area contributed by atoms with Crippen molar-refractivity contribution in [2.24, 2.45) is 0 Å². The molecule has 1 N–H and O–H groups in total. The first-order valence-corrected chi connectivity index (χ1v) is 10.3. The summed E-state index contributed by atoms with van der Waals surface area (Å²) in [6.07, 6.45) is 6.91. The van der Waals surface area contributed by atoms with Gasteiger partial charge in [-0.15, -0.1) is 11.8 Å². The van der Waals surface area contributed by atoms with Crippen molar-refractivity contribution in [3.05, 3.63) is 11.5 Å². The number of fused-ring (bicyclic) bond motifs is 2. The number of aromatic nitrogens is 1. The van der Waals surface area contributed by atoms with Gasteiger partial charge in [-0.2, -0.15) is 0 Å². The van der Waals surface area contributed by atoms with Crippen LogP contribution < -0.4 is 0 Å². The molecule has 2 saturated heterocycles. The third-order valence-corrected chi connectivity index (χ3v) is 7.32. The maximum absolute atomic E-state index is 13.1. The zero-order chi connectivity index (χ0) is 18.3. The zero-order valence-electron chi connectivity index (χ0n) is 15.0. The van der Waals surface area contributed by atoms with Crippen LogP contribution in [0.2, 0.25) is 0 Å². The number of hydrogen-bond donors (Lipinski definition) is 1. The molecule has 3 aliphatic rings. The predicted molar refractivity (Wildman–Crippen MR) is 96.0 cm³/mol. The molecule has 0 unspecified atom stereocenters. The summed E-state index contributed by atoms with van der Waals surface area (Å²) in [5.74, 6) is -0.0215. The number of carbonyl (C=O) groups is 2. The lowest BCUT2D eigenvalue weighted by Gasteiger charge is -2.33. The minimum atomic E-state index is -0.472. The highest BCUT2D eigenvalue weighted by atomic mass is 32.2. The second-order valence-electron chi connectivity index (χ2n) is 7.51. The molecule has 2 atom stereocenters. The van der Waals surface area contributed by atoms with Crippen molar-refractivity contribution < 1.29 is 19.2 Å². The minimum absolute atomic E-state index is 0.000867. The second kappa shape index (κ2) is 7.23. The Bertz CT molecular complexity index is 701. The van der Waals surface area contributed by atoms with E-state index in [2.05, 4.69) is 5.16 Å². The molecule has 0 spiro atoms. The van der Waals surface area contributed by atoms with Crippen LogP contribution in [0.3, 0.4) is 0 Å². The summed E-state index contributed by atoms with van der Waals surface area (Å²) < 4.78 is 5.43. The first-order chi connectivity index (χ1) is 12.6. The van der Waals surface area contributed by atoms with Crippen LogP contribution in [-0.4, -0.2) is 68.9 Å². The van der Waals surface area contributed by atoms with Gasteiger partial charge in [-0.3, -0.25) is 9.59 Å². The monoisotopic (exact) mass is 379 g/mol. The molecule has 26 heavy (non-hydrogen) atoms. The molecule has 3 heterocycles. The Balaban J connectivity index is 1.47. The number of rotatable bonds is 4. The zero-order valence-corrected chi connectivity index (χ0v) is 15.8. The van der Waals surface area contributed by atoms with E-state index < -0.39 is 6.61 Å². The van der Waals surface area contributed by atoms with E-state index in [0.29, 0.717) is 24.1 Å². The SMILES string of the molecule is Cc1noc(C(=O)N2C[C@H]3C[C@@H]2CN3C(=O)CO)c1SC1CCCCC1. The normalized spacial score (nSPS) is 25.9. The van der Waals surface area contributed by atoms with Gasteiger partial charge in [0.15, 0.2) is 0 Å². The van der Waals surface area contributed by atoms with Crippen LogP contribution >= 0.6 is 11.8 Å². The maximum atomic E-state index is 13.1. The summed E-state index contributed by atoms with van der Waals surface area (Å²) in [4.78, 5) is 29.2. The average Bonchev–Trinajstić information content (AvgIpc) is 3.36. The first kappa shape index (κ1) is 17.9. The molecule has 0 radical (unpaired) electrons. The molecule has 0 aromatic carbocycles. The van der Waals surface area contributed by atoms with Gasteiger partial charge in [0.25, 0.3) is 5.91 Å². The summed E-state index contributed by atoms with van der Waals surface area (Å²) in [6.45, 7) is 2.42. The van der Waals surface area contributed by atoms with Crippen molar-refractivity contribution in [3.8, 4) is 0 Å². The molecule has 7 nitrogen and oxygen atoms in total. The van der Waals surface area contributed by atoms with Gasteiger partial charge in [0, 0.05) is 18.3 Å². The molecule has 3 fully saturated rings. The molecule has 4 rings (SSSR count). The molecule has 1 aromatic rings. The Labute approximate surface area is 157 Å². The Morgan fingerprint density at radius 2 is 1.88 bits per heavy atom. The van der Waals surface area contributed by atoms with Crippen LogP contribution in [0, 0.1) is 6.92 Å². The maximum Gasteiger partial charge on any atom is 0.294 e. The minimum Gasteiger partial charge on any atom is -0.387 e. The van der Waals surface area contributed by atoms with Crippen molar-refractivity contribution in [3.63, 3.8) is 0 Å². The number of amides is 2. The molecule has 2 bridgehead atoms. The number of carbonyl (C=O) groups excluding carboxylic acids is 2. The van der Waals surface area contributed by atoms with Gasteiger partial charge in [0.2, 0.25) is 11.7 Å². The summed E-state index contributed by atoms with van der Waals surface area (Å²) in [5.41, 5.74) is 0.783. The van der Waals surface area contributed by atoms with E-state index >= 15 is 0 Å². The molecule has 1 aromatic heterocycles. The molecule has 142 valence electrons. The van der Waals surface area contributed by atoms with Gasteiger partial charge in [-0.25, -0.2) is 0 Å². The van der Waals surface area contributed by atoms with Crippen LogP contribution in [0.5, 0.6) is 0 Å². The molecule has 2 aliphatic heterocycles. The van der Waals surface area contributed by atoms with Crippen LogP contribution in [-0.2, 0) is 4.79 Å². The van der Waals surface area contributed by atoms with Gasteiger partial charge in [-0.1, -0.05) is 24.4 Å². The second-order valence-corrected chi connectivity index (χ2v) is 8.82. The molecule has 2 amide bonds. The molecule has 8 heteroatoms. The lowest BCUT2D eigenvalue weighted by molar-refractivity contribution is -0.136. The summed E-state index contributed by atoms with van der Waals surface area (Å²) in [7, 11) is 0. The third-order valence-electron chi connectivity index (χ3n) is 5.80. The summed E-state index contributed by atoms with van der Waals surface area (Å²) in [5, 5.41) is 13.7. The Morgan fingerprint density at radius 3 is 2.54 bits per heavy atom. The number of aliphatic hydroxyl groups is 1. The molecule has 1 saturated carbocycles. The quantitative estimate of drug-likeness (QED) is 0.859. The van der Waals surface area contributed by atoms with E-state index in [9.17, 15) is 9.59 Å². The van der Waals surface area contributed by atoms with Crippen LogP contribution in [0.1, 0.15) is 54.8 Å². The van der Waals surface area contributed by atoms with E-state index in [1.807, 2.05) is 11.8 Å². The van der Waals surface area contributed by atoms with Crippen molar-refractivity contribution in [2.75, 3.05) is 19.7 Å². The highest BCUT2D eigenvalue weighted by molar-refractivity contribution is 8.00. The van der Waals surface area contributed by atoms with Crippen molar-refractivity contribution in [2.45, 2.75) is 67.7 Å². The average molecular weight is 379 g/mol. The smallest absolute Gasteiger partial charge is 0.294 e. The lowest BCUT2D eigenvalue weighted by atomic mass is 10.0. The number of aryl methyl sites for hydroxylation is 1. The number of thioether (sulfide) groups is 1. The first-order valence-electron chi connectivity index (χ1n) is 9.42. The Morgan fingerprint density at radius 1 is 1.19 bits per heavy atom. The predicted octanol–water partition coefficient (Wildman–Crippen LogP) is 1.83. The van der Waals surface area contributed by atoms with Crippen molar-refractivity contribution >= 4 is 23.6 Å². The largest absolute Gasteiger partial charge is 0.387 e. The van der Waals surface area contributed by atoms with E-state index in [1.54, 1.807) is 16.7 Å². The number of nitrogens with zero attached hydrogens (tertiary/aromatic N) is 3. The number of piperazine rings is 1. The van der Waals surface area contributed by atoms with Gasteiger partial charge in [0.1, 0.15) is 6.61 Å². The van der Waals surface area contributed by atoms with E-state index in [4.69, 9.17) is 9.63 Å². The third kappa shape index (κ3) is 3.13.